The number of carbonyl (C=O) groups is 1. The first-order valence-corrected chi connectivity index (χ1v) is 14.7. The quantitative estimate of drug-likeness (QED) is 0.355. The number of para-hydroxylation sites is 1. The maximum atomic E-state index is 13.2. The largest absolute Gasteiger partial charge is 0.361 e. The number of benzene rings is 2. The van der Waals surface area contributed by atoms with Crippen molar-refractivity contribution in [2.45, 2.75) is 70.0 Å². The van der Waals surface area contributed by atoms with E-state index < -0.39 is 0 Å². The first kappa shape index (κ1) is 26.9. The second kappa shape index (κ2) is 13.4. The molecule has 0 saturated carbocycles. The molecule has 0 bridgehead atoms. The Kier molecular flexibility index (Phi) is 9.50. The zero-order valence-electron chi connectivity index (χ0n) is 23.0. The van der Waals surface area contributed by atoms with Gasteiger partial charge >= 0.3 is 0 Å². The maximum Gasteiger partial charge on any atom is 0.236 e. The van der Waals surface area contributed by atoms with Gasteiger partial charge in [-0.2, -0.15) is 0 Å². The maximum absolute atomic E-state index is 13.2. The second-order valence-electron chi connectivity index (χ2n) is 11.3. The van der Waals surface area contributed by atoms with Gasteiger partial charge in [-0.25, -0.2) is 0 Å². The molecular formula is C32H45N5O. The normalized spacial score (nSPS) is 19.0. The molecule has 2 aromatic carbocycles. The molecule has 1 aromatic heterocycles. The van der Waals surface area contributed by atoms with E-state index in [2.05, 4.69) is 93.1 Å². The van der Waals surface area contributed by atoms with Crippen molar-refractivity contribution in [2.75, 3.05) is 39.3 Å². The van der Waals surface area contributed by atoms with Gasteiger partial charge in [0, 0.05) is 54.9 Å². The molecule has 2 atom stereocenters. The molecule has 6 nitrogen and oxygen atoms in total. The van der Waals surface area contributed by atoms with E-state index in [1.54, 1.807) is 0 Å². The van der Waals surface area contributed by atoms with Crippen LogP contribution in [-0.2, 0) is 17.6 Å². The zero-order chi connectivity index (χ0) is 26.2. The van der Waals surface area contributed by atoms with Gasteiger partial charge in [-0.1, -0.05) is 55.0 Å². The van der Waals surface area contributed by atoms with Crippen molar-refractivity contribution in [2.24, 2.45) is 0 Å². The number of hydrogen-bond acceptors (Lipinski definition) is 4. The van der Waals surface area contributed by atoms with Crippen LogP contribution in [0.15, 0.2) is 60.8 Å². The highest BCUT2D eigenvalue weighted by Gasteiger charge is 2.27. The van der Waals surface area contributed by atoms with Crippen molar-refractivity contribution in [3.8, 4) is 0 Å². The summed E-state index contributed by atoms with van der Waals surface area (Å²) in [6.07, 6.45) is 10.3. The van der Waals surface area contributed by atoms with Crippen LogP contribution in [0.2, 0.25) is 0 Å². The lowest BCUT2D eigenvalue weighted by Gasteiger charge is -2.40. The minimum atomic E-state index is 0.169. The molecule has 5 rings (SSSR count). The van der Waals surface area contributed by atoms with Gasteiger partial charge in [-0.3, -0.25) is 4.79 Å². The number of nitrogens with zero attached hydrogens (tertiary/aromatic N) is 2. The number of nitrogens with one attached hydrogen (secondary N) is 3. The topological polar surface area (TPSA) is 63.4 Å². The van der Waals surface area contributed by atoms with E-state index in [4.69, 9.17) is 0 Å². The fourth-order valence-electron chi connectivity index (χ4n) is 6.27. The minimum absolute atomic E-state index is 0.169. The molecule has 0 aliphatic carbocycles. The highest BCUT2D eigenvalue weighted by molar-refractivity contribution is 5.83. The number of piperidine rings is 2. The summed E-state index contributed by atoms with van der Waals surface area (Å²) in [6.45, 7) is 7.72. The number of rotatable bonds is 11. The van der Waals surface area contributed by atoms with Crippen LogP contribution in [0.3, 0.4) is 0 Å². The standard InChI is InChI=1S/C32H45N5O/c1-25(20-26-10-4-2-5-11-26)33-23-28(21-27-22-35-31-13-7-6-12-30(27)31)34-24-32(38)37-18-14-29(15-19-37)36-16-8-3-9-17-36/h2,4-7,10-13,22,25,28-29,33-35H,3,8-9,14-21,23-24H2,1H3/t25?,28-/m0/s1. The third-order valence-corrected chi connectivity index (χ3v) is 8.50. The average Bonchev–Trinajstić information content (AvgIpc) is 3.38. The summed E-state index contributed by atoms with van der Waals surface area (Å²) >= 11 is 0. The number of H-pyrrole nitrogens is 1. The lowest BCUT2D eigenvalue weighted by molar-refractivity contribution is -0.132. The summed E-state index contributed by atoms with van der Waals surface area (Å²) in [6, 6.07) is 20.3. The third kappa shape index (κ3) is 7.25. The van der Waals surface area contributed by atoms with Crippen LogP contribution in [-0.4, -0.2) is 78.1 Å². The van der Waals surface area contributed by atoms with Gasteiger partial charge in [-0.05, 0) is 75.7 Å². The first-order chi connectivity index (χ1) is 18.7. The molecule has 3 aromatic rings. The summed E-state index contributed by atoms with van der Waals surface area (Å²) in [4.78, 5) is 21.4. The Morgan fingerprint density at radius 1 is 0.921 bits per heavy atom. The predicted molar refractivity (Wildman–Crippen MR) is 156 cm³/mol. The Balaban J connectivity index is 1.15. The monoisotopic (exact) mass is 515 g/mol. The SMILES string of the molecule is CC(Cc1ccccc1)NC[C@H](Cc1c[nH]c2ccccc12)NCC(=O)N1CCC(N2CCCCC2)CC1. The van der Waals surface area contributed by atoms with E-state index in [1.807, 2.05) is 0 Å². The molecule has 0 radical (unpaired) electrons. The van der Waals surface area contributed by atoms with Gasteiger partial charge in [0.05, 0.1) is 6.54 Å². The van der Waals surface area contributed by atoms with Crippen molar-refractivity contribution in [1.29, 1.82) is 0 Å². The first-order valence-electron chi connectivity index (χ1n) is 14.7. The highest BCUT2D eigenvalue weighted by atomic mass is 16.2. The molecule has 2 saturated heterocycles. The summed E-state index contributed by atoms with van der Waals surface area (Å²) < 4.78 is 0. The van der Waals surface area contributed by atoms with Crippen molar-refractivity contribution in [1.82, 2.24) is 25.4 Å². The van der Waals surface area contributed by atoms with Crippen LogP contribution in [0.4, 0.5) is 0 Å². The Morgan fingerprint density at radius 3 is 2.45 bits per heavy atom. The van der Waals surface area contributed by atoms with Gasteiger partial charge in [0.2, 0.25) is 5.91 Å². The number of aromatic nitrogens is 1. The number of carbonyl (C=O) groups excluding carboxylic acids is 1. The van der Waals surface area contributed by atoms with E-state index in [-0.39, 0.29) is 11.9 Å². The third-order valence-electron chi connectivity index (χ3n) is 8.50. The molecule has 1 unspecified atom stereocenters. The fourth-order valence-corrected chi connectivity index (χ4v) is 6.27. The Bertz CT molecular complexity index is 1130. The van der Waals surface area contributed by atoms with E-state index in [0.29, 0.717) is 18.6 Å². The Labute approximate surface area is 228 Å². The Hall–Kier alpha value is -2.67. The molecule has 204 valence electrons. The van der Waals surface area contributed by atoms with E-state index in [1.165, 1.54) is 54.4 Å². The molecule has 2 aliphatic rings. The number of likely N-dealkylation sites (tertiary alicyclic amines) is 2. The van der Waals surface area contributed by atoms with Crippen molar-refractivity contribution < 1.29 is 4.79 Å². The zero-order valence-corrected chi connectivity index (χ0v) is 23.0. The molecule has 0 spiro atoms. The molecule has 2 aliphatic heterocycles. The fraction of sp³-hybridized carbons (Fsp3) is 0.531. The molecule has 3 heterocycles. The minimum Gasteiger partial charge on any atom is -0.361 e. The van der Waals surface area contributed by atoms with Gasteiger partial charge < -0.3 is 25.4 Å². The van der Waals surface area contributed by atoms with Crippen LogP contribution in [0.1, 0.15) is 50.2 Å². The molecule has 2 fully saturated rings. The second-order valence-corrected chi connectivity index (χ2v) is 11.3. The summed E-state index contributed by atoms with van der Waals surface area (Å²) in [7, 11) is 0. The van der Waals surface area contributed by atoms with E-state index in [9.17, 15) is 4.79 Å². The van der Waals surface area contributed by atoms with Crippen LogP contribution in [0.25, 0.3) is 10.9 Å². The predicted octanol–water partition coefficient (Wildman–Crippen LogP) is 4.37. The summed E-state index contributed by atoms with van der Waals surface area (Å²) in [5.74, 6) is 0.239. The molecule has 1 amide bonds. The van der Waals surface area contributed by atoms with Gasteiger partial charge in [0.1, 0.15) is 0 Å². The van der Waals surface area contributed by atoms with Crippen LogP contribution in [0, 0.1) is 0 Å². The van der Waals surface area contributed by atoms with Crippen molar-refractivity contribution in [3.63, 3.8) is 0 Å². The van der Waals surface area contributed by atoms with Crippen LogP contribution < -0.4 is 10.6 Å². The van der Waals surface area contributed by atoms with Gasteiger partial charge in [0.15, 0.2) is 0 Å². The average molecular weight is 516 g/mol. The molecule has 6 heteroatoms. The Morgan fingerprint density at radius 2 is 1.66 bits per heavy atom. The summed E-state index contributed by atoms with van der Waals surface area (Å²) in [5.41, 5.74) is 3.81. The van der Waals surface area contributed by atoms with Crippen LogP contribution >= 0.6 is 0 Å². The lowest BCUT2D eigenvalue weighted by atomic mass is 10.00. The molecular weight excluding hydrogens is 470 g/mol. The number of aromatic amines is 1. The van der Waals surface area contributed by atoms with E-state index in [0.717, 1.165) is 45.3 Å². The smallest absolute Gasteiger partial charge is 0.236 e. The summed E-state index contributed by atoms with van der Waals surface area (Å²) in [5, 5.41) is 8.64. The lowest BCUT2D eigenvalue weighted by Crippen LogP contribution is -2.51. The molecule has 38 heavy (non-hydrogen) atoms. The number of fused-ring (bicyclic) bond motifs is 1. The van der Waals surface area contributed by atoms with Crippen LogP contribution in [0.5, 0.6) is 0 Å². The number of hydrogen-bond donors (Lipinski definition) is 3. The van der Waals surface area contributed by atoms with Gasteiger partial charge in [-0.15, -0.1) is 0 Å². The molecule has 3 N–H and O–H groups in total. The van der Waals surface area contributed by atoms with Gasteiger partial charge in [0.25, 0.3) is 0 Å². The van der Waals surface area contributed by atoms with Crippen molar-refractivity contribution >= 4 is 16.8 Å². The highest BCUT2D eigenvalue weighted by Crippen LogP contribution is 2.21. The van der Waals surface area contributed by atoms with E-state index >= 15 is 0 Å². The number of amides is 1. The van der Waals surface area contributed by atoms with Crippen molar-refractivity contribution in [3.05, 3.63) is 71.9 Å².